The molecule has 2 aromatic carbocycles. The third-order valence-corrected chi connectivity index (χ3v) is 6.61. The molecule has 1 amide bonds. The largest absolute Gasteiger partial charge is 0.502 e. The Morgan fingerprint density at radius 1 is 1.00 bits per heavy atom. The molecule has 1 aliphatic heterocycles. The molecule has 7 nitrogen and oxygen atoms in total. The van der Waals surface area contributed by atoms with Gasteiger partial charge in [-0.05, 0) is 54.3 Å². The molecule has 3 rings (SSSR count). The molecule has 1 heterocycles. The highest BCUT2D eigenvalue weighted by Gasteiger charge is 2.22. The normalized spacial score (nSPS) is 15.2. The van der Waals surface area contributed by atoms with Crippen molar-refractivity contribution < 1.29 is 24.5 Å². The van der Waals surface area contributed by atoms with Crippen LogP contribution in [0.4, 0.5) is 0 Å². The smallest absolute Gasteiger partial charge is 0.246 e. The van der Waals surface area contributed by atoms with Crippen LogP contribution in [0, 0.1) is 0 Å². The molecule has 1 aliphatic rings. The van der Waals surface area contributed by atoms with E-state index in [-0.39, 0.29) is 11.7 Å². The van der Waals surface area contributed by atoms with Crippen molar-refractivity contribution in [3.8, 4) is 17.2 Å². The maximum absolute atomic E-state index is 12.9. The number of β-amino-alcohol motifs (C(OH)–C–C–N with tert-alkyl or cyclic N) is 1. The molecule has 0 spiro atoms. The number of halogens is 1. The Labute approximate surface area is 225 Å². The van der Waals surface area contributed by atoms with Crippen LogP contribution in [0.15, 0.2) is 42.5 Å². The number of nitrogens with zero attached hydrogens (tertiary/aromatic N) is 2. The summed E-state index contributed by atoms with van der Waals surface area (Å²) in [6.07, 6.45) is 6.42. The molecule has 2 aromatic rings. The van der Waals surface area contributed by atoms with Gasteiger partial charge in [0, 0.05) is 43.8 Å². The van der Waals surface area contributed by atoms with Gasteiger partial charge >= 0.3 is 0 Å². The number of aliphatic hydroxyl groups excluding tert-OH is 1. The van der Waals surface area contributed by atoms with E-state index in [9.17, 15) is 15.0 Å². The maximum Gasteiger partial charge on any atom is 0.246 e. The molecule has 2 N–H and O–H groups in total. The molecule has 202 valence electrons. The first-order chi connectivity index (χ1) is 17.9. The number of hydrogen-bond donors (Lipinski definition) is 2. The van der Waals surface area contributed by atoms with Gasteiger partial charge in [0.15, 0.2) is 11.5 Å². The summed E-state index contributed by atoms with van der Waals surface area (Å²) in [5, 5.41) is 21.8. The average Bonchev–Trinajstić information content (AvgIpc) is 2.90. The van der Waals surface area contributed by atoms with Gasteiger partial charge in [-0.3, -0.25) is 9.69 Å². The maximum atomic E-state index is 12.9. The van der Waals surface area contributed by atoms with Crippen LogP contribution in [-0.4, -0.2) is 71.9 Å². The Hall–Kier alpha value is -2.74. The van der Waals surface area contributed by atoms with Gasteiger partial charge in [-0.2, -0.15) is 0 Å². The zero-order valence-electron chi connectivity index (χ0n) is 21.9. The number of carbonyl (C=O) groups excluding carboxylic acids is 1. The summed E-state index contributed by atoms with van der Waals surface area (Å²) in [6, 6.07) is 10.7. The standard InChI is InChI=1S/C29H39ClN2O5/c1-3-5-17-36-26-19-22(20-27(29(26)35)37-18-6-4-2)7-12-28(34)32-15-13-31(14-16-32)21-25(33)23-8-10-24(30)11-9-23/h7-12,19-20,25,33,35H,3-6,13-18,21H2,1-2H3/b12-7+. The molecular formula is C29H39ClN2O5. The van der Waals surface area contributed by atoms with Crippen molar-refractivity contribution in [2.24, 2.45) is 0 Å². The summed E-state index contributed by atoms with van der Waals surface area (Å²) < 4.78 is 11.6. The van der Waals surface area contributed by atoms with Gasteiger partial charge < -0.3 is 24.6 Å². The first-order valence-corrected chi connectivity index (χ1v) is 13.5. The molecule has 8 heteroatoms. The van der Waals surface area contributed by atoms with E-state index in [2.05, 4.69) is 18.7 Å². The van der Waals surface area contributed by atoms with Gasteiger partial charge in [-0.15, -0.1) is 0 Å². The summed E-state index contributed by atoms with van der Waals surface area (Å²) in [6.45, 7) is 8.22. The van der Waals surface area contributed by atoms with Gasteiger partial charge in [0.1, 0.15) is 0 Å². The lowest BCUT2D eigenvalue weighted by Crippen LogP contribution is -2.49. The zero-order valence-corrected chi connectivity index (χ0v) is 22.6. The summed E-state index contributed by atoms with van der Waals surface area (Å²) in [4.78, 5) is 16.8. The lowest BCUT2D eigenvalue weighted by Gasteiger charge is -2.35. The van der Waals surface area contributed by atoms with Gasteiger partial charge in [0.25, 0.3) is 0 Å². The van der Waals surface area contributed by atoms with E-state index in [4.69, 9.17) is 21.1 Å². The lowest BCUT2D eigenvalue weighted by atomic mass is 10.1. The summed E-state index contributed by atoms with van der Waals surface area (Å²) in [5.41, 5.74) is 1.56. The van der Waals surface area contributed by atoms with Crippen LogP contribution in [-0.2, 0) is 4.79 Å². The van der Waals surface area contributed by atoms with Crippen LogP contribution in [0.2, 0.25) is 5.02 Å². The van der Waals surface area contributed by atoms with Crippen molar-refractivity contribution >= 4 is 23.6 Å². The fourth-order valence-corrected chi connectivity index (χ4v) is 4.16. The molecule has 1 fully saturated rings. The van der Waals surface area contributed by atoms with E-state index < -0.39 is 6.10 Å². The Balaban J connectivity index is 1.57. The van der Waals surface area contributed by atoms with E-state index in [0.29, 0.717) is 62.5 Å². The minimum absolute atomic E-state index is 0.00686. The minimum atomic E-state index is -0.601. The SMILES string of the molecule is CCCCOc1cc(/C=C/C(=O)N2CCN(CC(O)c3ccc(Cl)cc3)CC2)cc(OCCCC)c1O. The number of aliphatic hydroxyl groups is 1. The topological polar surface area (TPSA) is 82.5 Å². The van der Waals surface area contributed by atoms with Crippen LogP contribution >= 0.6 is 11.6 Å². The molecule has 0 aromatic heterocycles. The Morgan fingerprint density at radius 2 is 1.57 bits per heavy atom. The van der Waals surface area contributed by atoms with E-state index in [1.165, 1.54) is 0 Å². The number of amides is 1. The summed E-state index contributed by atoms with van der Waals surface area (Å²) in [7, 11) is 0. The van der Waals surface area contributed by atoms with Crippen molar-refractivity contribution in [3.63, 3.8) is 0 Å². The van der Waals surface area contributed by atoms with Gasteiger partial charge in [-0.25, -0.2) is 0 Å². The average molecular weight is 531 g/mol. The van der Waals surface area contributed by atoms with Crippen molar-refractivity contribution in [1.82, 2.24) is 9.80 Å². The Bertz CT molecular complexity index is 988. The highest BCUT2D eigenvalue weighted by atomic mass is 35.5. The fraction of sp³-hybridized carbons (Fsp3) is 0.483. The number of ether oxygens (including phenoxy) is 2. The molecule has 0 aliphatic carbocycles. The second-order valence-electron chi connectivity index (χ2n) is 9.30. The van der Waals surface area contributed by atoms with Crippen molar-refractivity contribution in [3.05, 3.63) is 58.6 Å². The van der Waals surface area contributed by atoms with E-state index >= 15 is 0 Å². The van der Waals surface area contributed by atoms with E-state index in [0.717, 1.165) is 36.8 Å². The van der Waals surface area contributed by atoms with Gasteiger partial charge in [0.2, 0.25) is 11.7 Å². The zero-order chi connectivity index (χ0) is 26.6. The fourth-order valence-electron chi connectivity index (χ4n) is 4.03. The highest BCUT2D eigenvalue weighted by Crippen LogP contribution is 2.38. The first-order valence-electron chi connectivity index (χ1n) is 13.2. The molecule has 0 bridgehead atoms. The quantitative estimate of drug-likeness (QED) is 0.270. The van der Waals surface area contributed by atoms with Gasteiger partial charge in [-0.1, -0.05) is 50.4 Å². The highest BCUT2D eigenvalue weighted by molar-refractivity contribution is 6.30. The second-order valence-corrected chi connectivity index (χ2v) is 9.73. The van der Waals surface area contributed by atoms with Crippen molar-refractivity contribution in [2.75, 3.05) is 45.9 Å². The number of aromatic hydroxyl groups is 1. The monoisotopic (exact) mass is 530 g/mol. The molecule has 1 saturated heterocycles. The number of phenolic OH excluding ortho intramolecular Hbond substituents is 1. The first kappa shape index (κ1) is 28.8. The lowest BCUT2D eigenvalue weighted by molar-refractivity contribution is -0.127. The number of piperazine rings is 1. The van der Waals surface area contributed by atoms with Crippen molar-refractivity contribution in [1.29, 1.82) is 0 Å². The van der Waals surface area contributed by atoms with Crippen LogP contribution in [0.25, 0.3) is 6.08 Å². The minimum Gasteiger partial charge on any atom is -0.502 e. The molecule has 0 radical (unpaired) electrons. The third kappa shape index (κ3) is 8.95. The second kappa shape index (κ2) is 14.9. The van der Waals surface area contributed by atoms with E-state index in [1.54, 1.807) is 41.3 Å². The van der Waals surface area contributed by atoms with Gasteiger partial charge in [0.05, 0.1) is 19.3 Å². The van der Waals surface area contributed by atoms with Crippen LogP contribution < -0.4 is 9.47 Å². The molecule has 1 atom stereocenters. The van der Waals surface area contributed by atoms with Crippen LogP contribution in [0.5, 0.6) is 17.2 Å². The molecular weight excluding hydrogens is 492 g/mol. The molecule has 1 unspecified atom stereocenters. The predicted octanol–water partition coefficient (Wildman–Crippen LogP) is 5.29. The Kier molecular flexibility index (Phi) is 11.6. The molecule has 0 saturated carbocycles. The van der Waals surface area contributed by atoms with Crippen LogP contribution in [0.3, 0.4) is 0 Å². The molecule has 37 heavy (non-hydrogen) atoms. The van der Waals surface area contributed by atoms with E-state index in [1.807, 2.05) is 12.1 Å². The Morgan fingerprint density at radius 3 is 2.11 bits per heavy atom. The number of phenols is 1. The number of unbranched alkanes of at least 4 members (excludes halogenated alkanes) is 2. The predicted molar refractivity (Wildman–Crippen MR) is 147 cm³/mol. The third-order valence-electron chi connectivity index (χ3n) is 6.36. The summed E-state index contributed by atoms with van der Waals surface area (Å²) in [5.74, 6) is 0.644. The van der Waals surface area contributed by atoms with Crippen molar-refractivity contribution in [2.45, 2.75) is 45.6 Å². The summed E-state index contributed by atoms with van der Waals surface area (Å²) >= 11 is 5.93. The number of benzene rings is 2. The van der Waals surface area contributed by atoms with Crippen LogP contribution in [0.1, 0.15) is 56.8 Å². The number of carbonyl (C=O) groups is 1. The number of rotatable bonds is 13. The number of hydrogen-bond acceptors (Lipinski definition) is 6.